The lowest BCUT2D eigenvalue weighted by Gasteiger charge is -2.28. The Kier molecular flexibility index (Phi) is 4.82. The molecule has 0 unspecified atom stereocenters. The maximum atomic E-state index is 13.1. The van der Waals surface area contributed by atoms with Crippen LogP contribution in [0.1, 0.15) is 38.6 Å². The highest BCUT2D eigenvalue weighted by Gasteiger charge is 2.23. The molecule has 1 aromatic heterocycles. The van der Waals surface area contributed by atoms with Gasteiger partial charge in [-0.2, -0.15) is 0 Å². The first-order valence-corrected chi connectivity index (χ1v) is 9.55. The maximum Gasteiger partial charge on any atom is 0.272 e. The molecule has 0 atom stereocenters. The minimum Gasteiger partial charge on any atom is -0.340 e. The van der Waals surface area contributed by atoms with E-state index >= 15 is 0 Å². The second-order valence-corrected chi connectivity index (χ2v) is 7.43. The second-order valence-electron chi connectivity index (χ2n) is 7.43. The highest BCUT2D eigenvalue weighted by molar-refractivity contribution is 5.93. The number of carbonyl (C=O) groups excluding carboxylic acids is 1. The smallest absolute Gasteiger partial charge is 0.272 e. The molecule has 1 aliphatic heterocycles. The van der Waals surface area contributed by atoms with E-state index in [0.29, 0.717) is 30.4 Å². The van der Waals surface area contributed by atoms with Crippen molar-refractivity contribution in [1.29, 1.82) is 0 Å². The summed E-state index contributed by atoms with van der Waals surface area (Å²) in [6.07, 6.45) is 0.875. The zero-order valence-corrected chi connectivity index (χ0v) is 16.5. The Labute approximate surface area is 165 Å². The van der Waals surface area contributed by atoms with Gasteiger partial charge < -0.3 is 10.2 Å². The van der Waals surface area contributed by atoms with Gasteiger partial charge in [0.1, 0.15) is 17.3 Å². The van der Waals surface area contributed by atoms with Gasteiger partial charge in [0, 0.05) is 24.8 Å². The van der Waals surface area contributed by atoms with Gasteiger partial charge in [-0.25, -0.2) is 9.97 Å². The molecule has 5 nitrogen and oxygen atoms in total. The van der Waals surface area contributed by atoms with Crippen molar-refractivity contribution in [3.63, 3.8) is 0 Å². The number of carbonyl (C=O) groups is 1. The van der Waals surface area contributed by atoms with E-state index in [4.69, 9.17) is 0 Å². The molecule has 1 N–H and O–H groups in total. The van der Waals surface area contributed by atoms with E-state index in [9.17, 15) is 4.79 Å². The van der Waals surface area contributed by atoms with Crippen LogP contribution >= 0.6 is 0 Å². The summed E-state index contributed by atoms with van der Waals surface area (Å²) < 4.78 is 0. The van der Waals surface area contributed by atoms with Crippen LogP contribution in [0, 0.1) is 20.8 Å². The van der Waals surface area contributed by atoms with Crippen LogP contribution < -0.4 is 5.32 Å². The number of aromatic nitrogens is 2. The summed E-state index contributed by atoms with van der Waals surface area (Å²) >= 11 is 0. The average Bonchev–Trinajstić information content (AvgIpc) is 2.65. The minimum absolute atomic E-state index is 0.0523. The number of benzene rings is 2. The quantitative estimate of drug-likeness (QED) is 0.743. The molecule has 2 heterocycles. The van der Waals surface area contributed by atoms with Crippen LogP contribution in [0.3, 0.4) is 0 Å². The molecule has 4 rings (SSSR count). The van der Waals surface area contributed by atoms with Gasteiger partial charge in [-0.3, -0.25) is 4.79 Å². The molecule has 0 spiro atoms. The van der Waals surface area contributed by atoms with Gasteiger partial charge in [0.25, 0.3) is 5.91 Å². The third kappa shape index (κ3) is 3.88. The molecule has 1 aliphatic rings. The number of hydrogen-bond donors (Lipinski definition) is 1. The molecule has 3 aromatic rings. The summed E-state index contributed by atoms with van der Waals surface area (Å²) in [4.78, 5) is 23.8. The number of rotatable bonds is 3. The van der Waals surface area contributed by atoms with Crippen molar-refractivity contribution in [3.05, 3.63) is 82.3 Å². The van der Waals surface area contributed by atoms with Crippen molar-refractivity contribution in [1.82, 2.24) is 14.9 Å². The monoisotopic (exact) mass is 372 g/mol. The van der Waals surface area contributed by atoms with Crippen molar-refractivity contribution >= 4 is 17.4 Å². The molecule has 0 fully saturated rings. The fourth-order valence-corrected chi connectivity index (χ4v) is 3.77. The van der Waals surface area contributed by atoms with Crippen molar-refractivity contribution in [3.8, 4) is 0 Å². The minimum atomic E-state index is -0.0523. The van der Waals surface area contributed by atoms with Crippen LogP contribution in [0.25, 0.3) is 0 Å². The van der Waals surface area contributed by atoms with Crippen molar-refractivity contribution in [2.24, 2.45) is 0 Å². The van der Waals surface area contributed by atoms with Crippen LogP contribution in [-0.2, 0) is 13.0 Å². The molecule has 0 saturated heterocycles. The lowest BCUT2D eigenvalue weighted by atomic mass is 10.00. The fraction of sp³-hybridized carbons (Fsp3) is 0.261. The van der Waals surface area contributed by atoms with E-state index in [0.717, 1.165) is 12.1 Å². The van der Waals surface area contributed by atoms with Gasteiger partial charge in [-0.15, -0.1) is 0 Å². The first kappa shape index (κ1) is 18.2. The van der Waals surface area contributed by atoms with E-state index in [-0.39, 0.29) is 5.91 Å². The summed E-state index contributed by atoms with van der Waals surface area (Å²) in [5.74, 6) is 1.16. The number of amides is 1. The Morgan fingerprint density at radius 1 is 0.964 bits per heavy atom. The molecule has 0 bridgehead atoms. The van der Waals surface area contributed by atoms with Crippen molar-refractivity contribution < 1.29 is 4.79 Å². The highest BCUT2D eigenvalue weighted by Crippen LogP contribution is 2.22. The van der Waals surface area contributed by atoms with Gasteiger partial charge in [-0.1, -0.05) is 30.3 Å². The van der Waals surface area contributed by atoms with Crippen LogP contribution in [0.5, 0.6) is 0 Å². The number of fused-ring (bicyclic) bond motifs is 1. The Morgan fingerprint density at radius 2 is 1.68 bits per heavy atom. The van der Waals surface area contributed by atoms with E-state index < -0.39 is 0 Å². The highest BCUT2D eigenvalue weighted by atomic mass is 16.2. The molecule has 0 aliphatic carbocycles. The molecule has 1 amide bonds. The van der Waals surface area contributed by atoms with Gasteiger partial charge in [0.2, 0.25) is 0 Å². The number of nitrogens with zero attached hydrogens (tertiary/aromatic N) is 3. The third-order valence-corrected chi connectivity index (χ3v) is 4.97. The zero-order chi connectivity index (χ0) is 19.7. The number of anilines is 2. The van der Waals surface area contributed by atoms with E-state index in [1.54, 1.807) is 6.07 Å². The van der Waals surface area contributed by atoms with E-state index in [1.165, 1.54) is 22.3 Å². The number of hydrogen-bond acceptors (Lipinski definition) is 4. The largest absolute Gasteiger partial charge is 0.340 e. The van der Waals surface area contributed by atoms with Crippen LogP contribution in [-0.4, -0.2) is 27.3 Å². The van der Waals surface area contributed by atoms with Crippen LogP contribution in [0.15, 0.2) is 48.5 Å². The van der Waals surface area contributed by atoms with E-state index in [2.05, 4.69) is 65.5 Å². The van der Waals surface area contributed by atoms with Gasteiger partial charge >= 0.3 is 0 Å². The SMILES string of the molecule is Cc1cc(C)cc(Nc2cc(C(=O)N3CCc4ccccc4C3)nc(C)n2)c1. The van der Waals surface area contributed by atoms with Crippen LogP contribution in [0.4, 0.5) is 11.5 Å². The summed E-state index contributed by atoms with van der Waals surface area (Å²) in [6.45, 7) is 7.27. The molecule has 0 radical (unpaired) electrons. The molecular formula is C23H24N4O. The second kappa shape index (κ2) is 7.43. The normalized spacial score (nSPS) is 13.2. The first-order chi connectivity index (χ1) is 13.5. The summed E-state index contributed by atoms with van der Waals surface area (Å²) in [7, 11) is 0. The Bertz CT molecular complexity index is 1020. The third-order valence-electron chi connectivity index (χ3n) is 4.97. The molecule has 28 heavy (non-hydrogen) atoms. The molecule has 142 valence electrons. The van der Waals surface area contributed by atoms with E-state index in [1.807, 2.05) is 17.9 Å². The average molecular weight is 372 g/mol. The molecule has 0 saturated carbocycles. The predicted molar refractivity (Wildman–Crippen MR) is 111 cm³/mol. The standard InChI is InChI=1S/C23H24N4O/c1-15-10-16(2)12-20(11-15)26-22-13-21(24-17(3)25-22)23(28)27-9-8-18-6-4-5-7-19(18)14-27/h4-7,10-13H,8-9,14H2,1-3H3,(H,24,25,26). The summed E-state index contributed by atoms with van der Waals surface area (Å²) in [5, 5.41) is 3.32. The maximum absolute atomic E-state index is 13.1. The summed E-state index contributed by atoms with van der Waals surface area (Å²) in [6, 6.07) is 16.3. The Hall–Kier alpha value is -3.21. The lowest BCUT2D eigenvalue weighted by molar-refractivity contribution is 0.0728. The molecule has 2 aromatic carbocycles. The lowest BCUT2D eigenvalue weighted by Crippen LogP contribution is -2.36. The zero-order valence-electron chi connectivity index (χ0n) is 16.5. The molecule has 5 heteroatoms. The number of aryl methyl sites for hydroxylation is 3. The summed E-state index contributed by atoms with van der Waals surface area (Å²) in [5.41, 5.74) is 6.27. The molecular weight excluding hydrogens is 348 g/mol. The number of nitrogens with one attached hydrogen (secondary N) is 1. The van der Waals surface area contributed by atoms with Crippen LogP contribution in [0.2, 0.25) is 0 Å². The van der Waals surface area contributed by atoms with Crippen molar-refractivity contribution in [2.45, 2.75) is 33.7 Å². The Balaban J connectivity index is 1.57. The van der Waals surface area contributed by atoms with Gasteiger partial charge in [-0.05, 0) is 61.6 Å². The predicted octanol–water partition coefficient (Wildman–Crippen LogP) is 4.34. The van der Waals surface area contributed by atoms with Crippen molar-refractivity contribution in [2.75, 3.05) is 11.9 Å². The Morgan fingerprint density at radius 3 is 2.43 bits per heavy atom. The fourth-order valence-electron chi connectivity index (χ4n) is 3.77. The van der Waals surface area contributed by atoms with Gasteiger partial charge in [0.05, 0.1) is 0 Å². The first-order valence-electron chi connectivity index (χ1n) is 9.55. The topological polar surface area (TPSA) is 58.1 Å². The van der Waals surface area contributed by atoms with Gasteiger partial charge in [0.15, 0.2) is 0 Å².